The van der Waals surface area contributed by atoms with Gasteiger partial charge in [0.05, 0.1) is 5.41 Å². The molecule has 1 N–H and O–H groups in total. The predicted octanol–water partition coefficient (Wildman–Crippen LogP) is 2.17. The average molecular weight is 299 g/mol. The highest BCUT2D eigenvalue weighted by Crippen LogP contribution is 2.49. The number of carbonyl (C=O) groups excluding carboxylic acids is 1. The Kier molecular flexibility index (Phi) is 4.35. The minimum Gasteiger partial charge on any atom is -0.345 e. The summed E-state index contributed by atoms with van der Waals surface area (Å²) in [6.07, 6.45) is 1.69. The van der Waals surface area contributed by atoms with Gasteiger partial charge in [-0.3, -0.25) is 4.79 Å². The van der Waals surface area contributed by atoms with Gasteiger partial charge in [-0.25, -0.2) is 4.39 Å². The molecule has 1 aromatic carbocycles. The normalized spacial score (nSPS) is 24.8. The molecule has 110 valence electrons. The van der Waals surface area contributed by atoms with Crippen molar-refractivity contribution < 1.29 is 9.18 Å². The average Bonchev–Trinajstić information content (AvgIpc) is 2.65. The Morgan fingerprint density at radius 3 is 2.70 bits per heavy atom. The smallest absolute Gasteiger partial charge is 0.229 e. The van der Waals surface area contributed by atoms with Crippen molar-refractivity contribution in [3.05, 3.63) is 35.6 Å². The monoisotopic (exact) mass is 298 g/mol. The van der Waals surface area contributed by atoms with Crippen LogP contribution in [0, 0.1) is 11.2 Å². The number of likely N-dealkylation sites (tertiary alicyclic amines) is 1. The van der Waals surface area contributed by atoms with Crippen molar-refractivity contribution in [3.8, 4) is 0 Å². The molecule has 5 heteroatoms. The van der Waals surface area contributed by atoms with Crippen LogP contribution < -0.4 is 5.32 Å². The zero-order valence-corrected chi connectivity index (χ0v) is 12.4. The fourth-order valence-electron chi connectivity index (χ4n) is 3.64. The van der Waals surface area contributed by atoms with E-state index in [1.807, 2.05) is 13.1 Å². The number of nitrogens with zero attached hydrogens (tertiary/aromatic N) is 1. The summed E-state index contributed by atoms with van der Waals surface area (Å²) in [6, 6.07) is 6.73. The first-order chi connectivity index (χ1) is 9.13. The van der Waals surface area contributed by atoms with Crippen molar-refractivity contribution in [2.75, 3.05) is 26.7 Å². The van der Waals surface area contributed by atoms with Crippen molar-refractivity contribution >= 4 is 18.3 Å². The molecule has 0 radical (unpaired) electrons. The summed E-state index contributed by atoms with van der Waals surface area (Å²) in [7, 11) is 1.85. The van der Waals surface area contributed by atoms with Gasteiger partial charge in [-0.15, -0.1) is 12.4 Å². The first kappa shape index (κ1) is 15.3. The first-order valence-electron chi connectivity index (χ1n) is 6.85. The Balaban J connectivity index is 0.00000147. The van der Waals surface area contributed by atoms with Gasteiger partial charge in [0.2, 0.25) is 5.91 Å². The Morgan fingerprint density at radius 2 is 2.05 bits per heavy atom. The number of rotatable bonds is 1. The van der Waals surface area contributed by atoms with Crippen molar-refractivity contribution in [2.45, 2.75) is 18.8 Å². The number of nitrogens with one attached hydrogen (secondary N) is 1. The molecule has 1 unspecified atom stereocenters. The number of carbonyl (C=O) groups is 1. The number of amides is 1. The van der Waals surface area contributed by atoms with Gasteiger partial charge in [-0.1, -0.05) is 12.1 Å². The molecule has 1 amide bonds. The summed E-state index contributed by atoms with van der Waals surface area (Å²) in [6.45, 7) is 2.43. The summed E-state index contributed by atoms with van der Waals surface area (Å²) in [5.41, 5.74) is 0.632. The predicted molar refractivity (Wildman–Crippen MR) is 78.6 cm³/mol. The van der Waals surface area contributed by atoms with Crippen LogP contribution in [0.2, 0.25) is 0 Å². The fraction of sp³-hybridized carbons (Fsp3) is 0.533. The largest absolute Gasteiger partial charge is 0.345 e. The van der Waals surface area contributed by atoms with Crippen LogP contribution in [0.5, 0.6) is 0 Å². The molecule has 3 nitrogen and oxygen atoms in total. The highest BCUT2D eigenvalue weighted by atomic mass is 35.5. The van der Waals surface area contributed by atoms with Crippen LogP contribution in [-0.2, 0) is 4.79 Å². The second-order valence-electron chi connectivity index (χ2n) is 5.70. The second kappa shape index (κ2) is 5.70. The minimum atomic E-state index is -0.326. The molecule has 1 aromatic rings. The molecule has 0 saturated carbocycles. The number of hydrogen-bond donors (Lipinski definition) is 1. The number of likely N-dealkylation sites (N-methyl/N-ethyl adjacent to an activating group) is 1. The Morgan fingerprint density at radius 1 is 1.35 bits per heavy atom. The lowest BCUT2D eigenvalue weighted by Gasteiger charge is -2.36. The summed E-state index contributed by atoms with van der Waals surface area (Å²) >= 11 is 0. The van der Waals surface area contributed by atoms with E-state index >= 15 is 0 Å². The number of piperidine rings is 1. The van der Waals surface area contributed by atoms with Gasteiger partial charge in [0.25, 0.3) is 0 Å². The van der Waals surface area contributed by atoms with Gasteiger partial charge in [0.1, 0.15) is 5.82 Å². The van der Waals surface area contributed by atoms with Crippen LogP contribution in [0.3, 0.4) is 0 Å². The molecule has 2 aliphatic rings. The third-order valence-electron chi connectivity index (χ3n) is 4.64. The van der Waals surface area contributed by atoms with Gasteiger partial charge >= 0.3 is 0 Å². The van der Waals surface area contributed by atoms with Crippen molar-refractivity contribution in [1.29, 1.82) is 0 Å². The van der Waals surface area contributed by atoms with E-state index in [1.165, 1.54) is 6.07 Å². The lowest BCUT2D eigenvalue weighted by Crippen LogP contribution is -2.44. The first-order valence-corrected chi connectivity index (χ1v) is 6.85. The molecule has 0 bridgehead atoms. The number of halogens is 2. The Bertz CT molecular complexity index is 502. The topological polar surface area (TPSA) is 32.3 Å². The molecular formula is C15H20ClFN2O. The number of benzene rings is 1. The minimum absolute atomic E-state index is 0. The maximum atomic E-state index is 13.5. The van der Waals surface area contributed by atoms with Gasteiger partial charge in [-0.05, 0) is 43.6 Å². The van der Waals surface area contributed by atoms with Crippen LogP contribution in [-0.4, -0.2) is 37.5 Å². The summed E-state index contributed by atoms with van der Waals surface area (Å²) < 4.78 is 13.5. The summed E-state index contributed by atoms with van der Waals surface area (Å²) in [4.78, 5) is 14.4. The van der Waals surface area contributed by atoms with Crippen LogP contribution >= 0.6 is 12.4 Å². The zero-order valence-electron chi connectivity index (χ0n) is 11.6. The molecule has 0 aromatic heterocycles. The maximum absolute atomic E-state index is 13.5. The molecule has 1 atom stereocenters. The van der Waals surface area contributed by atoms with Gasteiger partial charge in [0.15, 0.2) is 0 Å². The zero-order chi connectivity index (χ0) is 13.5. The van der Waals surface area contributed by atoms with Crippen LogP contribution in [0.15, 0.2) is 24.3 Å². The van der Waals surface area contributed by atoms with E-state index in [0.717, 1.165) is 31.5 Å². The van der Waals surface area contributed by atoms with Crippen molar-refractivity contribution in [3.63, 3.8) is 0 Å². The standard InChI is InChI=1S/C15H19FN2O.ClH/c1-18-10-13(11-3-2-4-12(16)9-11)15(14(18)19)5-7-17-8-6-15;/h2-4,9,13,17H,5-8,10H2,1H3;1H. The summed E-state index contributed by atoms with van der Waals surface area (Å²) in [5, 5.41) is 3.31. The van der Waals surface area contributed by atoms with E-state index in [4.69, 9.17) is 0 Å². The SMILES string of the molecule is CN1CC(c2cccc(F)c2)C2(CCNCC2)C1=O.Cl. The lowest BCUT2D eigenvalue weighted by molar-refractivity contribution is -0.136. The molecule has 3 rings (SSSR count). The van der Waals surface area contributed by atoms with Crippen molar-refractivity contribution in [2.24, 2.45) is 5.41 Å². The van der Waals surface area contributed by atoms with Crippen molar-refractivity contribution in [1.82, 2.24) is 10.2 Å². The molecular weight excluding hydrogens is 279 g/mol. The molecule has 2 fully saturated rings. The van der Waals surface area contributed by atoms with E-state index in [-0.39, 0.29) is 35.5 Å². The summed E-state index contributed by atoms with van der Waals surface area (Å²) in [5.74, 6) is 0.120. The van der Waals surface area contributed by atoms with E-state index in [1.54, 1.807) is 17.0 Å². The van der Waals surface area contributed by atoms with Crippen LogP contribution in [0.4, 0.5) is 4.39 Å². The van der Waals surface area contributed by atoms with E-state index in [2.05, 4.69) is 5.32 Å². The second-order valence-corrected chi connectivity index (χ2v) is 5.70. The highest BCUT2D eigenvalue weighted by Gasteiger charge is 2.53. The van der Waals surface area contributed by atoms with Gasteiger partial charge in [0, 0.05) is 19.5 Å². The molecule has 1 spiro atoms. The molecule has 2 aliphatic heterocycles. The number of hydrogen-bond acceptors (Lipinski definition) is 2. The lowest BCUT2D eigenvalue weighted by atomic mass is 9.68. The molecule has 2 saturated heterocycles. The Hall–Kier alpha value is -1.13. The maximum Gasteiger partial charge on any atom is 0.229 e. The third kappa shape index (κ3) is 2.31. The quantitative estimate of drug-likeness (QED) is 0.862. The van der Waals surface area contributed by atoms with E-state index < -0.39 is 0 Å². The fourth-order valence-corrected chi connectivity index (χ4v) is 3.64. The van der Waals surface area contributed by atoms with Gasteiger partial charge < -0.3 is 10.2 Å². The third-order valence-corrected chi connectivity index (χ3v) is 4.64. The van der Waals surface area contributed by atoms with E-state index in [0.29, 0.717) is 6.54 Å². The highest BCUT2D eigenvalue weighted by molar-refractivity contribution is 5.86. The van der Waals surface area contributed by atoms with Crippen LogP contribution in [0.25, 0.3) is 0 Å². The Labute approximate surface area is 124 Å². The van der Waals surface area contributed by atoms with E-state index in [9.17, 15) is 9.18 Å². The molecule has 2 heterocycles. The van der Waals surface area contributed by atoms with Gasteiger partial charge in [-0.2, -0.15) is 0 Å². The molecule has 0 aliphatic carbocycles. The molecule has 20 heavy (non-hydrogen) atoms. The van der Waals surface area contributed by atoms with Crippen LogP contribution in [0.1, 0.15) is 24.3 Å².